The molecule has 3 saturated heterocycles. The number of piperazine rings is 1. The summed E-state index contributed by atoms with van der Waals surface area (Å²) in [6, 6.07) is 5.14. The summed E-state index contributed by atoms with van der Waals surface area (Å²) in [5, 5.41) is 14.1. The van der Waals surface area contributed by atoms with E-state index in [9.17, 15) is 5.11 Å². The van der Waals surface area contributed by atoms with Crippen LogP contribution in [0.15, 0.2) is 41.8 Å². The Morgan fingerprint density at radius 1 is 1.14 bits per heavy atom. The lowest BCUT2D eigenvalue weighted by atomic mass is 9.77. The van der Waals surface area contributed by atoms with E-state index in [1.807, 2.05) is 59.3 Å². The molecule has 1 aromatic heterocycles. The number of likely N-dealkylation sites (N-methyl/N-ethyl adjacent to an activating group) is 1. The Balaban J connectivity index is 1.27. The summed E-state index contributed by atoms with van der Waals surface area (Å²) in [5.74, 6) is 0.686. The van der Waals surface area contributed by atoms with Crippen LogP contribution in [0, 0.1) is 0 Å². The number of anilines is 2. The highest BCUT2D eigenvalue weighted by Crippen LogP contribution is 2.39. The minimum Gasteiger partial charge on any atom is -0.399 e. The van der Waals surface area contributed by atoms with Gasteiger partial charge in [-0.1, -0.05) is 6.92 Å². The number of aliphatic hydroxyl groups excluding tert-OH is 1. The molecule has 0 aliphatic carbocycles. The van der Waals surface area contributed by atoms with Crippen molar-refractivity contribution < 1.29 is 19.2 Å². The summed E-state index contributed by atoms with van der Waals surface area (Å²) < 4.78 is 17.8. The predicted molar refractivity (Wildman–Crippen MR) is 141 cm³/mol. The minimum atomic E-state index is -0.814. The SMILES string of the molecule is CC[C@H]1CN(C2COC2)CCN1c1ccc(NC2=CC(B3OC(C)(C)C(C)(C)O3)=CN(C)C2O)nc1. The standard InChI is InChI=1S/C26H40BN5O4/c1-7-19-15-31(21-16-34-17-21)10-11-32(19)20-8-9-23(28-13-20)29-22-12-18(14-30(6)24(22)33)27-35-25(2,3)26(4,5)36-27/h8-9,12-14,19,21,24,33H,7,10-11,15-17H2,1-6H3,(H,28,29)/t19-,24?/m0/s1. The number of ether oxygens (including phenoxy) is 1. The third-order valence-electron chi connectivity index (χ3n) is 8.34. The molecule has 0 spiro atoms. The summed E-state index contributed by atoms with van der Waals surface area (Å²) in [4.78, 5) is 11.5. The lowest BCUT2D eigenvalue weighted by Crippen LogP contribution is -2.60. The molecule has 10 heteroatoms. The van der Waals surface area contributed by atoms with Gasteiger partial charge in [-0.05, 0) is 52.3 Å². The smallest absolute Gasteiger partial charge is 0.399 e. The molecule has 0 amide bonds. The summed E-state index contributed by atoms with van der Waals surface area (Å²) >= 11 is 0. The van der Waals surface area contributed by atoms with Crippen LogP contribution >= 0.6 is 0 Å². The van der Waals surface area contributed by atoms with Crippen molar-refractivity contribution in [1.82, 2.24) is 14.8 Å². The molecule has 0 aromatic carbocycles. The van der Waals surface area contributed by atoms with Gasteiger partial charge in [0.2, 0.25) is 0 Å². The molecule has 0 radical (unpaired) electrons. The highest BCUT2D eigenvalue weighted by atomic mass is 16.7. The summed E-state index contributed by atoms with van der Waals surface area (Å²) in [7, 11) is 1.33. The molecular weight excluding hydrogens is 457 g/mol. The zero-order valence-corrected chi connectivity index (χ0v) is 22.4. The van der Waals surface area contributed by atoms with E-state index in [0.717, 1.165) is 50.4 Å². The maximum absolute atomic E-state index is 10.8. The number of nitrogens with zero attached hydrogens (tertiary/aromatic N) is 4. The first-order valence-corrected chi connectivity index (χ1v) is 13.1. The Morgan fingerprint density at radius 2 is 1.86 bits per heavy atom. The van der Waals surface area contributed by atoms with Crippen molar-refractivity contribution in [2.24, 2.45) is 0 Å². The first-order chi connectivity index (χ1) is 17.1. The minimum absolute atomic E-state index is 0.431. The Morgan fingerprint density at radius 3 is 2.44 bits per heavy atom. The average molecular weight is 497 g/mol. The number of aliphatic hydroxyl groups is 1. The van der Waals surface area contributed by atoms with E-state index in [1.54, 1.807) is 4.90 Å². The molecule has 1 unspecified atom stereocenters. The molecule has 5 heterocycles. The molecule has 0 bridgehead atoms. The van der Waals surface area contributed by atoms with E-state index in [-0.39, 0.29) is 0 Å². The van der Waals surface area contributed by atoms with Crippen LogP contribution in [-0.2, 0) is 14.0 Å². The van der Waals surface area contributed by atoms with Gasteiger partial charge in [0.1, 0.15) is 5.82 Å². The van der Waals surface area contributed by atoms with Gasteiger partial charge in [-0.3, -0.25) is 4.90 Å². The Labute approximate surface area is 215 Å². The van der Waals surface area contributed by atoms with E-state index in [2.05, 4.69) is 33.1 Å². The molecule has 5 rings (SSSR count). The number of nitrogens with one attached hydrogen (secondary N) is 1. The fourth-order valence-electron chi connectivity index (χ4n) is 5.14. The van der Waals surface area contributed by atoms with Crippen LogP contribution in [-0.4, -0.2) is 96.4 Å². The fraction of sp³-hybridized carbons (Fsp3) is 0.654. The van der Waals surface area contributed by atoms with Crippen LogP contribution in [0.5, 0.6) is 0 Å². The van der Waals surface area contributed by atoms with Crippen LogP contribution < -0.4 is 10.2 Å². The zero-order chi connectivity index (χ0) is 25.7. The lowest BCUT2D eigenvalue weighted by molar-refractivity contribution is -0.0698. The van der Waals surface area contributed by atoms with Gasteiger partial charge in [-0.25, -0.2) is 4.98 Å². The number of rotatable bonds is 6. The monoisotopic (exact) mass is 497 g/mol. The molecule has 4 aliphatic rings. The van der Waals surface area contributed by atoms with Crippen LogP contribution in [0.3, 0.4) is 0 Å². The second-order valence-corrected chi connectivity index (χ2v) is 11.3. The van der Waals surface area contributed by atoms with Crippen molar-refractivity contribution in [3.63, 3.8) is 0 Å². The highest BCUT2D eigenvalue weighted by molar-refractivity contribution is 6.55. The van der Waals surface area contributed by atoms with Gasteiger partial charge in [-0.2, -0.15) is 0 Å². The summed E-state index contributed by atoms with van der Waals surface area (Å²) in [6.07, 6.45) is 5.97. The first-order valence-electron chi connectivity index (χ1n) is 13.1. The van der Waals surface area contributed by atoms with Crippen molar-refractivity contribution in [3.8, 4) is 0 Å². The normalized spacial score (nSPS) is 28.6. The van der Waals surface area contributed by atoms with E-state index >= 15 is 0 Å². The van der Waals surface area contributed by atoms with Crippen LogP contribution in [0.1, 0.15) is 41.0 Å². The van der Waals surface area contributed by atoms with Gasteiger partial charge in [0, 0.05) is 44.4 Å². The van der Waals surface area contributed by atoms with Crippen molar-refractivity contribution in [2.75, 3.05) is 50.1 Å². The fourth-order valence-corrected chi connectivity index (χ4v) is 5.14. The van der Waals surface area contributed by atoms with Gasteiger partial charge >= 0.3 is 7.12 Å². The number of hydrogen-bond donors (Lipinski definition) is 2. The quantitative estimate of drug-likeness (QED) is 0.576. The van der Waals surface area contributed by atoms with E-state index in [0.29, 0.717) is 23.6 Å². The number of hydrogen-bond acceptors (Lipinski definition) is 9. The zero-order valence-electron chi connectivity index (χ0n) is 22.4. The largest absolute Gasteiger partial charge is 0.496 e. The first kappa shape index (κ1) is 25.5. The van der Waals surface area contributed by atoms with E-state index in [1.165, 1.54) is 0 Å². The van der Waals surface area contributed by atoms with Gasteiger partial charge in [0.05, 0.1) is 48.0 Å². The molecule has 9 nitrogen and oxygen atoms in total. The topological polar surface area (TPSA) is 82.6 Å². The molecule has 2 atom stereocenters. The Bertz CT molecular complexity index is 994. The van der Waals surface area contributed by atoms with Crippen molar-refractivity contribution in [2.45, 2.75) is 70.6 Å². The molecule has 196 valence electrons. The molecule has 36 heavy (non-hydrogen) atoms. The lowest BCUT2D eigenvalue weighted by Gasteiger charge is -2.47. The van der Waals surface area contributed by atoms with Crippen molar-refractivity contribution >= 4 is 18.6 Å². The third-order valence-corrected chi connectivity index (χ3v) is 8.34. The maximum atomic E-state index is 10.8. The van der Waals surface area contributed by atoms with E-state index < -0.39 is 24.5 Å². The number of allylic oxidation sites excluding steroid dienone is 2. The van der Waals surface area contributed by atoms with Crippen LogP contribution in [0.2, 0.25) is 0 Å². The highest BCUT2D eigenvalue weighted by Gasteiger charge is 2.52. The van der Waals surface area contributed by atoms with Gasteiger partial charge in [-0.15, -0.1) is 0 Å². The maximum Gasteiger partial charge on any atom is 0.496 e. The van der Waals surface area contributed by atoms with E-state index in [4.69, 9.17) is 14.0 Å². The van der Waals surface area contributed by atoms with Crippen molar-refractivity contribution in [1.29, 1.82) is 0 Å². The van der Waals surface area contributed by atoms with Gasteiger partial charge in [0.25, 0.3) is 0 Å². The Kier molecular flexibility index (Phi) is 6.84. The second kappa shape index (κ2) is 9.65. The van der Waals surface area contributed by atoms with Crippen molar-refractivity contribution in [3.05, 3.63) is 41.8 Å². The van der Waals surface area contributed by atoms with Gasteiger partial charge < -0.3 is 34.3 Å². The molecule has 1 aromatic rings. The molecular formula is C26H40BN5O4. The number of pyridine rings is 1. The number of aromatic nitrogens is 1. The van der Waals surface area contributed by atoms with Crippen LogP contribution in [0.4, 0.5) is 11.5 Å². The molecule has 4 aliphatic heterocycles. The molecule has 2 N–H and O–H groups in total. The average Bonchev–Trinajstić information content (AvgIpc) is 3.03. The summed E-state index contributed by atoms with van der Waals surface area (Å²) in [5.41, 5.74) is 1.75. The second-order valence-electron chi connectivity index (χ2n) is 11.3. The summed E-state index contributed by atoms with van der Waals surface area (Å²) in [6.45, 7) is 15.2. The van der Waals surface area contributed by atoms with Crippen LogP contribution in [0.25, 0.3) is 0 Å². The Hall–Kier alpha value is -2.11. The third kappa shape index (κ3) is 4.77. The molecule has 3 fully saturated rings. The predicted octanol–water partition coefficient (Wildman–Crippen LogP) is 2.46. The van der Waals surface area contributed by atoms with Gasteiger partial charge in [0.15, 0.2) is 6.23 Å². The molecule has 0 saturated carbocycles.